The van der Waals surface area contributed by atoms with Crippen molar-refractivity contribution in [2.75, 3.05) is 0 Å². The number of aromatic nitrogens is 2. The van der Waals surface area contributed by atoms with Crippen LogP contribution >= 0.6 is 23.1 Å². The fourth-order valence-electron chi connectivity index (χ4n) is 3.85. The molecular formula is C28H29N3O4S3. The molecule has 0 spiro atoms. The summed E-state index contributed by atoms with van der Waals surface area (Å²) in [5.41, 5.74) is 4.34. The lowest BCUT2D eigenvalue weighted by molar-refractivity contribution is 0.0697. The van der Waals surface area contributed by atoms with Gasteiger partial charge in [0.25, 0.3) is 0 Å². The van der Waals surface area contributed by atoms with Crippen LogP contribution in [0.5, 0.6) is 0 Å². The van der Waals surface area contributed by atoms with Gasteiger partial charge in [0.05, 0.1) is 10.5 Å². The van der Waals surface area contributed by atoms with Gasteiger partial charge in [-0.25, -0.2) is 27.9 Å². The molecular weight excluding hydrogens is 539 g/mol. The maximum absolute atomic E-state index is 12.7. The van der Waals surface area contributed by atoms with Gasteiger partial charge in [-0.15, -0.1) is 11.3 Å². The molecule has 0 atom stereocenters. The average Bonchev–Trinajstić information content (AvgIpc) is 3.25. The summed E-state index contributed by atoms with van der Waals surface area (Å²) in [5, 5.41) is 9.99. The third-order valence-corrected chi connectivity index (χ3v) is 9.36. The number of thioether (sulfide) groups is 1. The maximum Gasteiger partial charge on any atom is 0.335 e. The Bertz CT molecular complexity index is 1550. The molecule has 38 heavy (non-hydrogen) atoms. The molecule has 198 valence electrons. The molecule has 0 radical (unpaired) electrons. The second kappa shape index (κ2) is 11.0. The Morgan fingerprint density at radius 1 is 0.947 bits per heavy atom. The zero-order chi connectivity index (χ0) is 27.7. The highest BCUT2D eigenvalue weighted by Crippen LogP contribution is 2.40. The van der Waals surface area contributed by atoms with Crippen LogP contribution in [0.15, 0.2) is 70.7 Å². The third kappa shape index (κ3) is 6.87. The van der Waals surface area contributed by atoms with Gasteiger partial charge in [0.1, 0.15) is 0 Å². The molecule has 0 aliphatic heterocycles. The normalized spacial score (nSPS) is 12.0. The monoisotopic (exact) mass is 567 g/mol. The van der Waals surface area contributed by atoms with Gasteiger partial charge in [-0.1, -0.05) is 36.0 Å². The highest BCUT2D eigenvalue weighted by atomic mass is 32.2. The Kier molecular flexibility index (Phi) is 8.08. The van der Waals surface area contributed by atoms with Crippen molar-refractivity contribution in [3.05, 3.63) is 83.2 Å². The van der Waals surface area contributed by atoms with Crippen molar-refractivity contribution >= 4 is 39.1 Å². The van der Waals surface area contributed by atoms with Gasteiger partial charge < -0.3 is 5.11 Å². The molecule has 0 fully saturated rings. The predicted molar refractivity (Wildman–Crippen MR) is 153 cm³/mol. The van der Waals surface area contributed by atoms with E-state index < -0.39 is 21.5 Å². The van der Waals surface area contributed by atoms with Gasteiger partial charge in [-0.05, 0) is 87.7 Å². The van der Waals surface area contributed by atoms with Gasteiger partial charge in [-0.3, -0.25) is 0 Å². The van der Waals surface area contributed by atoms with Crippen molar-refractivity contribution in [1.82, 2.24) is 14.7 Å². The number of carbonyl (C=O) groups is 1. The average molecular weight is 568 g/mol. The van der Waals surface area contributed by atoms with Gasteiger partial charge in [0.15, 0.2) is 5.16 Å². The second-order valence-corrected chi connectivity index (χ2v) is 13.6. The van der Waals surface area contributed by atoms with Gasteiger partial charge >= 0.3 is 5.97 Å². The Balaban J connectivity index is 1.68. The molecule has 0 unspecified atom stereocenters. The number of nitrogens with zero attached hydrogens (tertiary/aromatic N) is 2. The molecule has 2 aromatic heterocycles. The molecule has 0 aliphatic carbocycles. The topological polar surface area (TPSA) is 109 Å². The fraction of sp³-hybridized carbons (Fsp3) is 0.250. The number of aromatic carboxylic acids is 1. The number of hydrogen-bond donors (Lipinski definition) is 2. The molecule has 2 heterocycles. The summed E-state index contributed by atoms with van der Waals surface area (Å²) in [6.45, 7) is 9.29. The lowest BCUT2D eigenvalue weighted by atomic mass is 10.1. The number of carboxylic acid groups (broad SMARTS) is 1. The highest BCUT2D eigenvalue weighted by molar-refractivity contribution is 7.98. The number of benzene rings is 2. The third-order valence-electron chi connectivity index (χ3n) is 5.41. The molecule has 4 rings (SSSR count). The molecule has 7 nitrogen and oxygen atoms in total. The predicted octanol–water partition coefficient (Wildman–Crippen LogP) is 6.56. The van der Waals surface area contributed by atoms with Crippen LogP contribution < -0.4 is 4.72 Å². The van der Waals surface area contributed by atoms with E-state index in [2.05, 4.69) is 20.8 Å². The van der Waals surface area contributed by atoms with Crippen molar-refractivity contribution in [3.63, 3.8) is 0 Å². The number of hydrogen-bond acceptors (Lipinski definition) is 7. The highest BCUT2D eigenvalue weighted by Gasteiger charge is 2.22. The lowest BCUT2D eigenvalue weighted by Gasteiger charge is -2.20. The van der Waals surface area contributed by atoms with E-state index in [4.69, 9.17) is 0 Å². The number of sulfonamides is 1. The summed E-state index contributed by atoms with van der Waals surface area (Å²) in [6, 6.07) is 17.7. The first-order valence-electron chi connectivity index (χ1n) is 11.9. The Morgan fingerprint density at radius 2 is 1.53 bits per heavy atom. The van der Waals surface area contributed by atoms with Crippen LogP contribution in [0.4, 0.5) is 0 Å². The van der Waals surface area contributed by atoms with Crippen molar-refractivity contribution in [2.24, 2.45) is 0 Å². The summed E-state index contributed by atoms with van der Waals surface area (Å²) in [5.74, 6) is -0.348. The summed E-state index contributed by atoms with van der Waals surface area (Å²) in [6.07, 6.45) is 0. The SMILES string of the molecule is Cc1cc(C)nc(SCc2cc(-c3ccc(S(=O)(=O)NC(C)(C)C)cc3)sc2-c2ccc(C(=O)O)cc2)n1. The molecule has 10 heteroatoms. The molecule has 0 aliphatic rings. The number of carboxylic acids is 1. The van der Waals surface area contributed by atoms with Crippen molar-refractivity contribution in [3.8, 4) is 20.9 Å². The quantitative estimate of drug-likeness (QED) is 0.183. The van der Waals surface area contributed by atoms with Gasteiger partial charge in [0, 0.05) is 32.4 Å². The van der Waals surface area contributed by atoms with Crippen molar-refractivity contribution < 1.29 is 18.3 Å². The summed E-state index contributed by atoms with van der Waals surface area (Å²) in [7, 11) is -3.63. The first-order valence-corrected chi connectivity index (χ1v) is 15.2. The number of nitrogens with one attached hydrogen (secondary N) is 1. The number of thiophene rings is 1. The Labute approximate surface area is 231 Å². The van der Waals surface area contributed by atoms with E-state index in [1.54, 1.807) is 68.1 Å². The fourth-order valence-corrected chi connectivity index (χ4v) is 7.48. The van der Waals surface area contributed by atoms with E-state index in [-0.39, 0.29) is 10.5 Å². The summed E-state index contributed by atoms with van der Waals surface area (Å²) in [4.78, 5) is 22.6. The molecule has 4 aromatic rings. The minimum Gasteiger partial charge on any atom is -0.478 e. The molecule has 0 saturated heterocycles. The van der Waals surface area contributed by atoms with Crippen LogP contribution in [0.1, 0.15) is 48.1 Å². The zero-order valence-corrected chi connectivity index (χ0v) is 24.2. The van der Waals surface area contributed by atoms with E-state index >= 15 is 0 Å². The van der Waals surface area contributed by atoms with Crippen LogP contribution in [0, 0.1) is 13.8 Å². The zero-order valence-electron chi connectivity index (χ0n) is 21.8. The van der Waals surface area contributed by atoms with Crippen LogP contribution in [0.3, 0.4) is 0 Å². The lowest BCUT2D eigenvalue weighted by Crippen LogP contribution is -2.40. The molecule has 0 bridgehead atoms. The minimum atomic E-state index is -3.63. The largest absolute Gasteiger partial charge is 0.478 e. The van der Waals surface area contributed by atoms with Gasteiger partial charge in [-0.2, -0.15) is 0 Å². The standard InChI is InChI=1S/C28H29N3O4S3/c1-17-14-18(2)30-27(29-17)36-16-22-15-24(37-25(22)20-6-8-21(9-7-20)26(32)33)19-10-12-23(13-11-19)38(34,35)31-28(3,4)5/h6-15,31H,16H2,1-5H3,(H,32,33). The molecule has 0 saturated carbocycles. The van der Waals surface area contributed by atoms with Crippen LogP contribution in [-0.4, -0.2) is 35.0 Å². The van der Waals surface area contributed by atoms with E-state index in [1.165, 1.54) is 0 Å². The van der Waals surface area contributed by atoms with E-state index in [0.29, 0.717) is 10.9 Å². The first kappa shape index (κ1) is 28.0. The maximum atomic E-state index is 12.7. The van der Waals surface area contributed by atoms with Crippen molar-refractivity contribution in [2.45, 2.75) is 56.0 Å². The van der Waals surface area contributed by atoms with Crippen LogP contribution in [-0.2, 0) is 15.8 Å². The van der Waals surface area contributed by atoms with E-state index in [1.807, 2.05) is 44.2 Å². The smallest absolute Gasteiger partial charge is 0.335 e. The van der Waals surface area contributed by atoms with E-state index in [0.717, 1.165) is 37.8 Å². The summed E-state index contributed by atoms with van der Waals surface area (Å²) < 4.78 is 28.1. The Hall–Kier alpha value is -3.05. The summed E-state index contributed by atoms with van der Waals surface area (Å²) >= 11 is 3.12. The molecule has 0 amide bonds. The first-order chi connectivity index (χ1) is 17.8. The Morgan fingerprint density at radius 3 is 2.08 bits per heavy atom. The minimum absolute atomic E-state index is 0.208. The van der Waals surface area contributed by atoms with Crippen LogP contribution in [0.25, 0.3) is 20.9 Å². The van der Waals surface area contributed by atoms with Crippen molar-refractivity contribution in [1.29, 1.82) is 0 Å². The number of aryl methyl sites for hydroxylation is 2. The molecule has 2 aromatic carbocycles. The number of rotatable bonds is 8. The second-order valence-electron chi connectivity index (χ2n) is 9.95. The van der Waals surface area contributed by atoms with E-state index in [9.17, 15) is 18.3 Å². The molecule has 2 N–H and O–H groups in total. The van der Waals surface area contributed by atoms with Gasteiger partial charge in [0.2, 0.25) is 10.0 Å². The van der Waals surface area contributed by atoms with Crippen LogP contribution in [0.2, 0.25) is 0 Å².